The Hall–Kier alpha value is -0.940. The highest BCUT2D eigenvalue weighted by Crippen LogP contribution is 2.43. The van der Waals surface area contributed by atoms with Crippen molar-refractivity contribution < 1.29 is 9.26 Å². The maximum Gasteiger partial charge on any atom is 0.227 e. The zero-order valence-corrected chi connectivity index (χ0v) is 13.0. The van der Waals surface area contributed by atoms with Gasteiger partial charge >= 0.3 is 0 Å². The second-order valence-corrected chi connectivity index (χ2v) is 6.70. The van der Waals surface area contributed by atoms with Crippen molar-refractivity contribution in [3.05, 3.63) is 11.7 Å². The first kappa shape index (κ1) is 15.0. The van der Waals surface area contributed by atoms with E-state index in [1.807, 2.05) is 6.92 Å². The summed E-state index contributed by atoms with van der Waals surface area (Å²) in [6, 6.07) is 0. The first-order chi connectivity index (χ1) is 10.3. The molecular weight excluding hydrogens is 266 g/mol. The van der Waals surface area contributed by atoms with Crippen molar-refractivity contribution in [2.75, 3.05) is 13.2 Å². The van der Waals surface area contributed by atoms with E-state index in [-0.39, 0.29) is 11.5 Å². The molecule has 0 radical (unpaired) electrons. The number of hydrogen-bond donors (Lipinski definition) is 1. The molecule has 1 heterocycles. The van der Waals surface area contributed by atoms with E-state index in [0.717, 1.165) is 18.1 Å². The van der Waals surface area contributed by atoms with Crippen LogP contribution in [0.5, 0.6) is 0 Å². The van der Waals surface area contributed by atoms with Gasteiger partial charge in [0.1, 0.15) is 6.10 Å². The van der Waals surface area contributed by atoms with Crippen molar-refractivity contribution in [1.82, 2.24) is 10.1 Å². The van der Waals surface area contributed by atoms with E-state index >= 15 is 0 Å². The topological polar surface area (TPSA) is 74.2 Å². The molecule has 5 nitrogen and oxygen atoms in total. The van der Waals surface area contributed by atoms with Gasteiger partial charge in [0.25, 0.3) is 0 Å². The first-order valence-electron chi connectivity index (χ1n) is 8.40. The van der Waals surface area contributed by atoms with Gasteiger partial charge in [-0.3, -0.25) is 0 Å². The van der Waals surface area contributed by atoms with Crippen LogP contribution in [0.25, 0.3) is 0 Å². The van der Waals surface area contributed by atoms with Crippen LogP contribution in [0.1, 0.15) is 69.7 Å². The number of nitrogens with zero attached hydrogens (tertiary/aromatic N) is 2. The molecule has 3 rings (SSSR count). The standard InChI is InChI=1S/C16H27N3O2/c1-2-20-14(12-6-7-12)15-18-13(21-19-15)10-16(11-17)8-4-3-5-9-16/h12,14H,2-11,17H2,1H3. The molecule has 1 unspecified atom stereocenters. The highest BCUT2D eigenvalue weighted by atomic mass is 16.5. The monoisotopic (exact) mass is 293 g/mol. The van der Waals surface area contributed by atoms with Gasteiger partial charge < -0.3 is 15.0 Å². The number of nitrogens with two attached hydrogens (primary N) is 1. The molecule has 0 aliphatic heterocycles. The van der Waals surface area contributed by atoms with Crippen LogP contribution in [0.2, 0.25) is 0 Å². The Morgan fingerprint density at radius 1 is 1.33 bits per heavy atom. The lowest BCUT2D eigenvalue weighted by molar-refractivity contribution is 0.0384. The number of aromatic nitrogens is 2. The van der Waals surface area contributed by atoms with Crippen molar-refractivity contribution in [3.8, 4) is 0 Å². The summed E-state index contributed by atoms with van der Waals surface area (Å²) < 4.78 is 11.3. The Labute approximate surface area is 126 Å². The summed E-state index contributed by atoms with van der Waals surface area (Å²) in [7, 11) is 0. The minimum absolute atomic E-state index is 0.0210. The Morgan fingerprint density at radius 2 is 2.10 bits per heavy atom. The molecule has 5 heteroatoms. The Kier molecular flexibility index (Phi) is 4.60. The van der Waals surface area contributed by atoms with Crippen molar-refractivity contribution in [2.45, 2.75) is 64.4 Å². The third-order valence-corrected chi connectivity index (χ3v) is 5.01. The first-order valence-corrected chi connectivity index (χ1v) is 8.40. The second-order valence-electron chi connectivity index (χ2n) is 6.70. The lowest BCUT2D eigenvalue weighted by Gasteiger charge is -2.34. The zero-order chi connectivity index (χ0) is 14.7. The van der Waals surface area contributed by atoms with Crippen molar-refractivity contribution >= 4 is 0 Å². The fourth-order valence-electron chi connectivity index (χ4n) is 3.53. The van der Waals surface area contributed by atoms with Crippen molar-refractivity contribution in [1.29, 1.82) is 0 Å². The Morgan fingerprint density at radius 3 is 2.71 bits per heavy atom. The van der Waals surface area contributed by atoms with Gasteiger partial charge in [-0.25, -0.2) is 0 Å². The second kappa shape index (κ2) is 6.44. The minimum Gasteiger partial charge on any atom is -0.370 e. The highest BCUT2D eigenvalue weighted by molar-refractivity contribution is 5.01. The van der Waals surface area contributed by atoms with Crippen LogP contribution < -0.4 is 5.73 Å². The van der Waals surface area contributed by atoms with E-state index in [0.29, 0.717) is 19.1 Å². The van der Waals surface area contributed by atoms with Gasteiger partial charge in [0.15, 0.2) is 0 Å². The average molecular weight is 293 g/mol. The van der Waals surface area contributed by atoms with Crippen LogP contribution in [-0.2, 0) is 11.2 Å². The molecule has 0 amide bonds. The summed E-state index contributed by atoms with van der Waals surface area (Å²) in [6.45, 7) is 3.42. The number of hydrogen-bond acceptors (Lipinski definition) is 5. The zero-order valence-electron chi connectivity index (χ0n) is 13.0. The molecule has 2 aliphatic rings. The van der Waals surface area contributed by atoms with Gasteiger partial charge in [0, 0.05) is 13.0 Å². The molecule has 2 N–H and O–H groups in total. The SMILES string of the molecule is CCOC(c1noc(CC2(CN)CCCCC2)n1)C1CC1. The molecule has 2 fully saturated rings. The van der Waals surface area contributed by atoms with Crippen LogP contribution in [0.4, 0.5) is 0 Å². The van der Waals surface area contributed by atoms with E-state index in [9.17, 15) is 0 Å². The van der Waals surface area contributed by atoms with E-state index in [2.05, 4.69) is 10.1 Å². The van der Waals surface area contributed by atoms with E-state index in [1.165, 1.54) is 44.9 Å². The molecule has 0 spiro atoms. The lowest BCUT2D eigenvalue weighted by Crippen LogP contribution is -2.35. The Balaban J connectivity index is 1.68. The number of ether oxygens (including phenoxy) is 1. The van der Waals surface area contributed by atoms with E-state index < -0.39 is 0 Å². The third-order valence-electron chi connectivity index (χ3n) is 5.01. The summed E-state index contributed by atoms with van der Waals surface area (Å²) in [4.78, 5) is 4.62. The fourth-order valence-corrected chi connectivity index (χ4v) is 3.53. The van der Waals surface area contributed by atoms with E-state index in [4.69, 9.17) is 15.0 Å². The lowest BCUT2D eigenvalue weighted by atomic mass is 9.72. The minimum atomic E-state index is 0.0210. The quantitative estimate of drug-likeness (QED) is 0.836. The van der Waals surface area contributed by atoms with Gasteiger partial charge in [0.05, 0.1) is 0 Å². The average Bonchev–Trinajstić information content (AvgIpc) is 3.26. The molecule has 21 heavy (non-hydrogen) atoms. The summed E-state index contributed by atoms with van der Waals surface area (Å²) in [5, 5.41) is 4.18. The predicted octanol–water partition coefficient (Wildman–Crippen LogP) is 3.01. The molecule has 2 aliphatic carbocycles. The van der Waals surface area contributed by atoms with Gasteiger partial charge in [-0.15, -0.1) is 0 Å². The molecule has 0 bridgehead atoms. The Bertz CT molecular complexity index is 450. The maximum absolute atomic E-state index is 6.04. The van der Waals surface area contributed by atoms with Gasteiger partial charge in [-0.05, 0) is 50.5 Å². The third kappa shape index (κ3) is 3.46. The van der Waals surface area contributed by atoms with Crippen molar-refractivity contribution in [3.63, 3.8) is 0 Å². The molecule has 0 saturated heterocycles. The molecule has 0 aromatic carbocycles. The molecule has 2 saturated carbocycles. The van der Waals surface area contributed by atoms with Gasteiger partial charge in [-0.1, -0.05) is 24.4 Å². The molecule has 1 aromatic rings. The summed E-state index contributed by atoms with van der Waals surface area (Å²) >= 11 is 0. The summed E-state index contributed by atoms with van der Waals surface area (Å²) in [5.41, 5.74) is 6.21. The van der Waals surface area contributed by atoms with Gasteiger partial charge in [-0.2, -0.15) is 4.98 Å². The van der Waals surface area contributed by atoms with Gasteiger partial charge in [0.2, 0.25) is 11.7 Å². The van der Waals surface area contributed by atoms with Crippen LogP contribution in [0.3, 0.4) is 0 Å². The van der Waals surface area contributed by atoms with Crippen LogP contribution >= 0.6 is 0 Å². The number of rotatable bonds is 7. The smallest absolute Gasteiger partial charge is 0.227 e. The van der Waals surface area contributed by atoms with Crippen LogP contribution in [0, 0.1) is 11.3 Å². The molecule has 1 atom stereocenters. The van der Waals surface area contributed by atoms with E-state index in [1.54, 1.807) is 0 Å². The highest BCUT2D eigenvalue weighted by Gasteiger charge is 2.37. The van der Waals surface area contributed by atoms with Crippen LogP contribution in [0.15, 0.2) is 4.52 Å². The largest absolute Gasteiger partial charge is 0.370 e. The molecule has 1 aromatic heterocycles. The predicted molar refractivity (Wildman–Crippen MR) is 79.7 cm³/mol. The molecule has 118 valence electrons. The fraction of sp³-hybridized carbons (Fsp3) is 0.875. The maximum atomic E-state index is 6.04. The summed E-state index contributed by atoms with van der Waals surface area (Å²) in [5.74, 6) is 2.05. The summed E-state index contributed by atoms with van der Waals surface area (Å²) in [6.07, 6.45) is 9.47. The molecular formula is C16H27N3O2. The van der Waals surface area contributed by atoms with Crippen LogP contribution in [-0.4, -0.2) is 23.3 Å². The van der Waals surface area contributed by atoms with Crippen molar-refractivity contribution in [2.24, 2.45) is 17.1 Å². The normalized spacial score (nSPS) is 23.1.